The van der Waals surface area contributed by atoms with E-state index in [1.807, 2.05) is 0 Å². The van der Waals surface area contributed by atoms with Gasteiger partial charge in [0.1, 0.15) is 0 Å². The molecule has 16 heavy (non-hydrogen) atoms. The van der Waals surface area contributed by atoms with E-state index < -0.39 is 0 Å². The fourth-order valence-electron chi connectivity index (χ4n) is 1.29. The second-order valence-corrected chi connectivity index (χ2v) is 4.51. The lowest BCUT2D eigenvalue weighted by molar-refractivity contribution is -0.139. The molecule has 1 aromatic carbocycles. The largest absolute Gasteiger partial charge is 0.469 e. The maximum Gasteiger partial charge on any atom is 0.310 e. The first kappa shape index (κ1) is 13.2. The number of halogens is 2. The van der Waals surface area contributed by atoms with E-state index in [0.717, 1.165) is 15.6 Å². The molecule has 5 heteroatoms. The smallest absolute Gasteiger partial charge is 0.310 e. The Bertz CT molecular complexity index is 452. The molecule has 84 valence electrons. The Labute approximate surface area is 111 Å². The Hall–Kier alpha value is -0.860. The Morgan fingerprint density at radius 3 is 2.75 bits per heavy atom. The fraction of sp³-hybridized carbons (Fsp3) is 0.273. The molecule has 0 radical (unpaired) electrons. The molecular weight excluding hydrogens is 338 g/mol. The zero-order chi connectivity index (χ0) is 12.1. The number of carbonyl (C=O) groups is 1. The van der Waals surface area contributed by atoms with Gasteiger partial charge in [-0.25, -0.2) is 0 Å². The number of nitrogens with zero attached hydrogens (tertiary/aromatic N) is 1. The number of hydrogen-bond acceptors (Lipinski definition) is 3. The van der Waals surface area contributed by atoms with Crippen LogP contribution in [0.25, 0.3) is 0 Å². The highest BCUT2D eigenvalue weighted by Crippen LogP contribution is 2.25. The van der Waals surface area contributed by atoms with Gasteiger partial charge in [0.15, 0.2) is 0 Å². The van der Waals surface area contributed by atoms with Crippen LogP contribution < -0.4 is 0 Å². The summed E-state index contributed by atoms with van der Waals surface area (Å²) in [5.74, 6) is -0.299. The molecule has 0 amide bonds. The molecule has 0 aromatic heterocycles. The maximum atomic E-state index is 11.2. The quantitative estimate of drug-likeness (QED) is 0.624. The highest BCUT2D eigenvalue weighted by atomic mass is 79.9. The third kappa shape index (κ3) is 3.06. The summed E-state index contributed by atoms with van der Waals surface area (Å²) < 4.78 is 5.38. The average molecular weight is 347 g/mol. The van der Waals surface area contributed by atoms with Crippen LogP contribution in [0.4, 0.5) is 0 Å². The lowest BCUT2D eigenvalue weighted by atomic mass is 10.0. The summed E-state index contributed by atoms with van der Waals surface area (Å²) in [5.41, 5.74) is 2.33. The number of esters is 1. The van der Waals surface area contributed by atoms with Crippen molar-refractivity contribution in [1.29, 1.82) is 5.26 Å². The minimum atomic E-state index is -0.299. The van der Waals surface area contributed by atoms with Gasteiger partial charge in [0, 0.05) is 9.80 Å². The standard InChI is InChI=1S/C11H9Br2NO2/c1-16-11(15)4-9-8(5-12)2-7(6-14)3-10(9)13/h2-3H,4-5H2,1H3. The van der Waals surface area contributed by atoms with Crippen molar-refractivity contribution in [1.82, 2.24) is 0 Å². The summed E-state index contributed by atoms with van der Waals surface area (Å²) in [6, 6.07) is 5.53. The number of nitriles is 1. The van der Waals surface area contributed by atoms with E-state index in [1.54, 1.807) is 12.1 Å². The van der Waals surface area contributed by atoms with Crippen LogP contribution in [0.5, 0.6) is 0 Å². The molecule has 0 unspecified atom stereocenters. The summed E-state index contributed by atoms with van der Waals surface area (Å²) in [7, 11) is 1.35. The summed E-state index contributed by atoms with van der Waals surface area (Å²) in [5, 5.41) is 9.41. The highest BCUT2D eigenvalue weighted by molar-refractivity contribution is 9.10. The van der Waals surface area contributed by atoms with Gasteiger partial charge >= 0.3 is 5.97 Å². The van der Waals surface area contributed by atoms with Crippen LogP contribution in [-0.4, -0.2) is 13.1 Å². The predicted molar refractivity (Wildman–Crippen MR) is 67.2 cm³/mol. The topological polar surface area (TPSA) is 50.1 Å². The Balaban J connectivity index is 3.17. The van der Waals surface area contributed by atoms with Crippen LogP contribution in [0.2, 0.25) is 0 Å². The zero-order valence-electron chi connectivity index (χ0n) is 8.59. The average Bonchev–Trinajstić information content (AvgIpc) is 2.30. The SMILES string of the molecule is COC(=O)Cc1c(Br)cc(C#N)cc1CBr. The van der Waals surface area contributed by atoms with Gasteiger partial charge in [-0.1, -0.05) is 31.9 Å². The minimum Gasteiger partial charge on any atom is -0.469 e. The van der Waals surface area contributed by atoms with Gasteiger partial charge in [-0.05, 0) is 23.3 Å². The van der Waals surface area contributed by atoms with Crippen LogP contribution in [0.1, 0.15) is 16.7 Å². The van der Waals surface area contributed by atoms with Crippen molar-refractivity contribution >= 4 is 37.8 Å². The molecule has 0 heterocycles. The highest BCUT2D eigenvalue weighted by Gasteiger charge is 2.12. The van der Waals surface area contributed by atoms with Crippen LogP contribution in [0.15, 0.2) is 16.6 Å². The molecule has 0 atom stereocenters. The normalized spacial score (nSPS) is 9.62. The monoisotopic (exact) mass is 345 g/mol. The molecule has 0 aliphatic heterocycles. The lowest BCUT2D eigenvalue weighted by Gasteiger charge is -2.09. The molecule has 1 aromatic rings. The number of benzene rings is 1. The summed E-state index contributed by atoms with van der Waals surface area (Å²) >= 11 is 6.69. The molecular formula is C11H9Br2NO2. The molecule has 0 saturated carbocycles. The van der Waals surface area contributed by atoms with Crippen molar-refractivity contribution in [2.24, 2.45) is 0 Å². The van der Waals surface area contributed by atoms with E-state index in [-0.39, 0.29) is 12.4 Å². The summed E-state index contributed by atoms with van der Waals surface area (Å²) in [4.78, 5) is 11.2. The van der Waals surface area contributed by atoms with E-state index in [4.69, 9.17) is 5.26 Å². The van der Waals surface area contributed by atoms with E-state index in [2.05, 4.69) is 42.7 Å². The molecule has 0 fully saturated rings. The van der Waals surface area contributed by atoms with Crippen molar-refractivity contribution in [3.8, 4) is 6.07 Å². The van der Waals surface area contributed by atoms with Gasteiger partial charge < -0.3 is 4.74 Å². The van der Waals surface area contributed by atoms with Crippen LogP contribution >= 0.6 is 31.9 Å². The van der Waals surface area contributed by atoms with Crippen molar-refractivity contribution in [2.75, 3.05) is 7.11 Å². The first-order valence-electron chi connectivity index (χ1n) is 4.46. The molecule has 0 aliphatic rings. The third-order valence-electron chi connectivity index (χ3n) is 2.11. The predicted octanol–water partition coefficient (Wildman–Crippen LogP) is 2.93. The Morgan fingerprint density at radius 2 is 2.25 bits per heavy atom. The van der Waals surface area contributed by atoms with Gasteiger partial charge in [0.2, 0.25) is 0 Å². The summed E-state index contributed by atoms with van der Waals surface area (Å²) in [6.45, 7) is 0. The molecule has 1 rings (SSSR count). The van der Waals surface area contributed by atoms with Crippen molar-refractivity contribution in [3.05, 3.63) is 33.3 Å². The molecule has 0 aliphatic carbocycles. The van der Waals surface area contributed by atoms with Crippen LogP contribution in [-0.2, 0) is 21.3 Å². The number of alkyl halides is 1. The van der Waals surface area contributed by atoms with E-state index >= 15 is 0 Å². The van der Waals surface area contributed by atoms with Gasteiger partial charge in [-0.15, -0.1) is 0 Å². The maximum absolute atomic E-state index is 11.2. The molecule has 0 saturated heterocycles. The zero-order valence-corrected chi connectivity index (χ0v) is 11.8. The van der Waals surface area contributed by atoms with Gasteiger partial charge in [-0.3, -0.25) is 4.79 Å². The first-order chi connectivity index (χ1) is 7.62. The van der Waals surface area contributed by atoms with Crippen LogP contribution in [0, 0.1) is 11.3 Å². The van der Waals surface area contributed by atoms with Crippen molar-refractivity contribution in [3.63, 3.8) is 0 Å². The number of hydrogen-bond donors (Lipinski definition) is 0. The summed E-state index contributed by atoms with van der Waals surface area (Å²) in [6.07, 6.45) is 0.198. The van der Waals surface area contributed by atoms with Gasteiger partial charge in [0.25, 0.3) is 0 Å². The Morgan fingerprint density at radius 1 is 1.56 bits per heavy atom. The minimum absolute atomic E-state index is 0.198. The van der Waals surface area contributed by atoms with Gasteiger partial charge in [0.05, 0.1) is 25.2 Å². The number of carbonyl (C=O) groups excluding carboxylic acids is 1. The number of ether oxygens (including phenoxy) is 1. The first-order valence-corrected chi connectivity index (χ1v) is 6.38. The lowest BCUT2D eigenvalue weighted by Crippen LogP contribution is -2.07. The van der Waals surface area contributed by atoms with E-state index in [0.29, 0.717) is 10.9 Å². The molecule has 3 nitrogen and oxygen atoms in total. The van der Waals surface area contributed by atoms with Gasteiger partial charge in [-0.2, -0.15) is 5.26 Å². The second kappa shape index (κ2) is 6.02. The second-order valence-electron chi connectivity index (χ2n) is 3.09. The van der Waals surface area contributed by atoms with Crippen molar-refractivity contribution in [2.45, 2.75) is 11.8 Å². The number of methoxy groups -OCH3 is 1. The number of rotatable bonds is 3. The van der Waals surface area contributed by atoms with Crippen LogP contribution in [0.3, 0.4) is 0 Å². The molecule has 0 bridgehead atoms. The van der Waals surface area contributed by atoms with E-state index in [9.17, 15) is 4.79 Å². The third-order valence-corrected chi connectivity index (χ3v) is 3.42. The fourth-order valence-corrected chi connectivity index (χ4v) is 2.43. The van der Waals surface area contributed by atoms with E-state index in [1.165, 1.54) is 7.11 Å². The molecule has 0 N–H and O–H groups in total. The Kier molecular flexibility index (Phi) is 4.97. The van der Waals surface area contributed by atoms with Crippen molar-refractivity contribution < 1.29 is 9.53 Å². The molecule has 0 spiro atoms.